The van der Waals surface area contributed by atoms with Crippen LogP contribution in [0.3, 0.4) is 0 Å². The van der Waals surface area contributed by atoms with Crippen molar-refractivity contribution in [3.05, 3.63) is 47.3 Å². The number of rotatable bonds is 5. The summed E-state index contributed by atoms with van der Waals surface area (Å²) in [6.45, 7) is 8.11. The van der Waals surface area contributed by atoms with E-state index >= 15 is 0 Å². The quantitative estimate of drug-likeness (QED) is 0.915. The number of carbonyl (C=O) groups excluding carboxylic acids is 1. The maximum Gasteiger partial charge on any atom is 0.254 e. The van der Waals surface area contributed by atoms with Crippen molar-refractivity contribution < 1.29 is 4.79 Å². The summed E-state index contributed by atoms with van der Waals surface area (Å²) in [5, 5.41) is 7.38. The van der Waals surface area contributed by atoms with Crippen LogP contribution in [0.1, 0.15) is 48.3 Å². The van der Waals surface area contributed by atoms with E-state index in [1.807, 2.05) is 43.7 Å². The van der Waals surface area contributed by atoms with E-state index in [1.165, 1.54) is 5.56 Å². The van der Waals surface area contributed by atoms with Crippen LogP contribution in [-0.4, -0.2) is 21.7 Å². The van der Waals surface area contributed by atoms with Crippen molar-refractivity contribution in [2.75, 3.05) is 0 Å². The van der Waals surface area contributed by atoms with E-state index in [9.17, 15) is 4.79 Å². The summed E-state index contributed by atoms with van der Waals surface area (Å²) in [5.74, 6) is -0.0487. The minimum absolute atomic E-state index is 0.0487. The number of aromatic nitrogens is 2. The lowest BCUT2D eigenvalue weighted by atomic mass is 10.1. The van der Waals surface area contributed by atoms with Crippen LogP contribution >= 0.6 is 0 Å². The summed E-state index contributed by atoms with van der Waals surface area (Å²) in [4.78, 5) is 12.3. The summed E-state index contributed by atoms with van der Waals surface area (Å²) >= 11 is 0. The molecule has 112 valence electrons. The van der Waals surface area contributed by atoms with Gasteiger partial charge < -0.3 is 5.32 Å². The molecule has 1 aromatic carbocycles. The van der Waals surface area contributed by atoms with E-state index in [-0.39, 0.29) is 11.9 Å². The largest absolute Gasteiger partial charge is 0.349 e. The fraction of sp³-hybridized carbons (Fsp3) is 0.412. The molecule has 0 aliphatic heterocycles. The van der Waals surface area contributed by atoms with Gasteiger partial charge in [0.25, 0.3) is 5.91 Å². The van der Waals surface area contributed by atoms with Crippen LogP contribution in [-0.2, 0) is 0 Å². The Morgan fingerprint density at radius 2 is 2.14 bits per heavy atom. The molecule has 0 saturated heterocycles. The monoisotopic (exact) mass is 285 g/mol. The van der Waals surface area contributed by atoms with Crippen LogP contribution in [0.25, 0.3) is 5.69 Å². The molecular formula is C17H23N3O. The highest BCUT2D eigenvalue weighted by molar-refractivity contribution is 5.95. The van der Waals surface area contributed by atoms with Crippen LogP contribution < -0.4 is 5.32 Å². The van der Waals surface area contributed by atoms with Crippen molar-refractivity contribution >= 4 is 5.91 Å². The van der Waals surface area contributed by atoms with Gasteiger partial charge in [-0.15, -0.1) is 0 Å². The lowest BCUT2D eigenvalue weighted by Crippen LogP contribution is -2.32. The highest BCUT2D eigenvalue weighted by Crippen LogP contribution is 2.15. The second-order valence-electron chi connectivity index (χ2n) is 5.56. The fourth-order valence-corrected chi connectivity index (χ4v) is 2.46. The van der Waals surface area contributed by atoms with Crippen molar-refractivity contribution in [1.29, 1.82) is 0 Å². The Morgan fingerprint density at radius 3 is 2.81 bits per heavy atom. The molecule has 0 aliphatic carbocycles. The molecule has 1 amide bonds. The molecule has 0 bridgehead atoms. The summed E-state index contributed by atoms with van der Waals surface area (Å²) in [6, 6.07) is 8.27. The summed E-state index contributed by atoms with van der Waals surface area (Å²) < 4.78 is 1.81. The molecule has 4 heteroatoms. The fourth-order valence-electron chi connectivity index (χ4n) is 2.46. The molecule has 2 aromatic rings. The first-order chi connectivity index (χ1) is 10.0. The SMILES string of the molecule is CCC[C@@H](C)NC(=O)c1cnn(-c2cccc(C)c2)c1C. The summed E-state index contributed by atoms with van der Waals surface area (Å²) in [5.41, 5.74) is 3.65. The van der Waals surface area contributed by atoms with Crippen LogP contribution in [0, 0.1) is 13.8 Å². The molecule has 1 N–H and O–H groups in total. The normalized spacial score (nSPS) is 12.2. The molecule has 1 heterocycles. The molecule has 1 atom stereocenters. The number of amides is 1. The summed E-state index contributed by atoms with van der Waals surface area (Å²) in [6.07, 6.45) is 3.69. The predicted molar refractivity (Wildman–Crippen MR) is 84.9 cm³/mol. The molecule has 4 nitrogen and oxygen atoms in total. The molecule has 0 spiro atoms. The second kappa shape index (κ2) is 6.57. The number of aryl methyl sites for hydroxylation is 1. The number of hydrogen-bond donors (Lipinski definition) is 1. The van der Waals surface area contributed by atoms with Gasteiger partial charge in [-0.05, 0) is 44.9 Å². The third-order valence-electron chi connectivity index (χ3n) is 3.60. The maximum atomic E-state index is 12.3. The Bertz CT molecular complexity index is 631. The van der Waals surface area contributed by atoms with Gasteiger partial charge in [-0.25, -0.2) is 4.68 Å². The minimum atomic E-state index is -0.0487. The van der Waals surface area contributed by atoms with Crippen LogP contribution in [0.4, 0.5) is 0 Å². The van der Waals surface area contributed by atoms with Crippen LogP contribution in [0.15, 0.2) is 30.5 Å². The zero-order chi connectivity index (χ0) is 15.4. The van der Waals surface area contributed by atoms with Gasteiger partial charge in [-0.2, -0.15) is 5.10 Å². The summed E-state index contributed by atoms with van der Waals surface area (Å²) in [7, 11) is 0. The average Bonchev–Trinajstić information content (AvgIpc) is 2.81. The second-order valence-corrected chi connectivity index (χ2v) is 5.56. The van der Waals surface area contributed by atoms with E-state index in [2.05, 4.69) is 23.4 Å². The highest BCUT2D eigenvalue weighted by Gasteiger charge is 2.16. The Kier molecular flexibility index (Phi) is 4.78. The molecule has 21 heavy (non-hydrogen) atoms. The van der Waals surface area contributed by atoms with Crippen LogP contribution in [0.5, 0.6) is 0 Å². The smallest absolute Gasteiger partial charge is 0.254 e. The highest BCUT2D eigenvalue weighted by atomic mass is 16.1. The van der Waals surface area contributed by atoms with Crippen molar-refractivity contribution in [2.24, 2.45) is 0 Å². The van der Waals surface area contributed by atoms with Gasteiger partial charge in [0.15, 0.2) is 0 Å². The molecule has 0 aliphatic rings. The first-order valence-corrected chi connectivity index (χ1v) is 7.45. The van der Waals surface area contributed by atoms with Crippen LogP contribution in [0.2, 0.25) is 0 Å². The Balaban J connectivity index is 2.22. The van der Waals surface area contributed by atoms with E-state index in [1.54, 1.807) is 6.20 Å². The van der Waals surface area contributed by atoms with Gasteiger partial charge in [0.05, 0.1) is 23.1 Å². The lowest BCUT2D eigenvalue weighted by Gasteiger charge is -2.12. The standard InChI is InChI=1S/C17H23N3O/c1-5-7-13(3)19-17(21)16-11-18-20(14(16)4)15-9-6-8-12(2)10-15/h6,8-11,13H,5,7H2,1-4H3,(H,19,21)/t13-/m1/s1. The van der Waals surface area contributed by atoms with Gasteiger partial charge in [0, 0.05) is 6.04 Å². The maximum absolute atomic E-state index is 12.3. The van der Waals surface area contributed by atoms with E-state index in [0.717, 1.165) is 24.2 Å². The lowest BCUT2D eigenvalue weighted by molar-refractivity contribution is 0.0937. The van der Waals surface area contributed by atoms with Gasteiger partial charge >= 0.3 is 0 Å². The number of hydrogen-bond acceptors (Lipinski definition) is 2. The van der Waals surface area contributed by atoms with Crippen molar-refractivity contribution in [1.82, 2.24) is 15.1 Å². The topological polar surface area (TPSA) is 46.9 Å². The van der Waals surface area contributed by atoms with Gasteiger partial charge in [-0.3, -0.25) is 4.79 Å². The van der Waals surface area contributed by atoms with Crippen molar-refractivity contribution in [3.8, 4) is 5.69 Å². The number of nitrogens with zero attached hydrogens (tertiary/aromatic N) is 2. The predicted octanol–water partition coefficient (Wildman–Crippen LogP) is 3.41. The number of benzene rings is 1. The molecule has 1 aromatic heterocycles. The van der Waals surface area contributed by atoms with Crippen molar-refractivity contribution in [2.45, 2.75) is 46.6 Å². The van der Waals surface area contributed by atoms with E-state index < -0.39 is 0 Å². The minimum Gasteiger partial charge on any atom is -0.349 e. The van der Waals surface area contributed by atoms with Gasteiger partial charge in [-0.1, -0.05) is 25.5 Å². The first kappa shape index (κ1) is 15.3. The zero-order valence-corrected chi connectivity index (χ0v) is 13.2. The van der Waals surface area contributed by atoms with E-state index in [0.29, 0.717) is 5.56 Å². The molecule has 2 rings (SSSR count). The van der Waals surface area contributed by atoms with Crippen molar-refractivity contribution in [3.63, 3.8) is 0 Å². The third kappa shape index (κ3) is 3.51. The molecule has 0 saturated carbocycles. The third-order valence-corrected chi connectivity index (χ3v) is 3.60. The Hall–Kier alpha value is -2.10. The first-order valence-electron chi connectivity index (χ1n) is 7.45. The number of carbonyl (C=O) groups is 1. The zero-order valence-electron chi connectivity index (χ0n) is 13.2. The molecular weight excluding hydrogens is 262 g/mol. The van der Waals surface area contributed by atoms with Gasteiger partial charge in [0.2, 0.25) is 0 Å². The van der Waals surface area contributed by atoms with E-state index in [4.69, 9.17) is 0 Å². The average molecular weight is 285 g/mol. The van der Waals surface area contributed by atoms with Gasteiger partial charge in [0.1, 0.15) is 0 Å². The Morgan fingerprint density at radius 1 is 1.38 bits per heavy atom. The Labute approximate surface area is 126 Å². The molecule has 0 fully saturated rings. The number of nitrogens with one attached hydrogen (secondary N) is 1. The molecule has 0 radical (unpaired) electrons. The molecule has 0 unspecified atom stereocenters.